The summed E-state index contributed by atoms with van der Waals surface area (Å²) in [5.41, 5.74) is 0.845. The number of para-hydroxylation sites is 2. The van der Waals surface area contributed by atoms with Crippen LogP contribution in [-0.4, -0.2) is 81.3 Å². The van der Waals surface area contributed by atoms with E-state index in [2.05, 4.69) is 10.0 Å². The van der Waals surface area contributed by atoms with Gasteiger partial charge in [0.15, 0.2) is 5.75 Å². The van der Waals surface area contributed by atoms with Crippen molar-refractivity contribution in [3.8, 4) is 11.5 Å². The van der Waals surface area contributed by atoms with Crippen LogP contribution < -0.4 is 19.5 Å². The molecule has 0 saturated carbocycles. The molecule has 0 radical (unpaired) electrons. The minimum Gasteiger partial charge on any atom is -0.497 e. The third-order valence-corrected chi connectivity index (χ3v) is 8.51. The standard InChI is InChI=1S/C30H36N4O7S/c1-20-17-34(21(2)19-35)29(36)25-11-8-12-26(32-42(38,39)24-15-13-23(40-4)14-16-24)28(25)41-27(20)18-33(3)30(37)31-22-9-6-5-7-10-22/h5-16,20-21,27,32,35H,17-19H2,1-4H3,(H,31,37)/t20-,21-,27+/m1/s1. The number of carbonyl (C=O) groups is 2. The molecule has 4 rings (SSSR count). The fraction of sp³-hybridized carbons (Fsp3) is 0.333. The van der Waals surface area contributed by atoms with E-state index < -0.39 is 28.1 Å². The molecule has 0 aromatic heterocycles. The lowest BCUT2D eigenvalue weighted by molar-refractivity contribution is 0.0373. The van der Waals surface area contributed by atoms with Crippen LogP contribution in [0.5, 0.6) is 11.5 Å². The summed E-state index contributed by atoms with van der Waals surface area (Å²) >= 11 is 0. The summed E-state index contributed by atoms with van der Waals surface area (Å²) < 4.78 is 40.8. The Morgan fingerprint density at radius 3 is 2.45 bits per heavy atom. The SMILES string of the molecule is COc1ccc(S(=O)(=O)Nc2cccc3c2O[C@@H](CN(C)C(=O)Nc2ccccc2)[C@H](C)CN([C@H](C)CO)C3=O)cc1. The smallest absolute Gasteiger partial charge is 0.321 e. The molecule has 42 heavy (non-hydrogen) atoms. The van der Waals surface area contributed by atoms with E-state index in [1.807, 2.05) is 25.1 Å². The number of nitrogens with zero attached hydrogens (tertiary/aromatic N) is 2. The number of urea groups is 1. The van der Waals surface area contributed by atoms with Crippen LogP contribution in [0.2, 0.25) is 0 Å². The molecular weight excluding hydrogens is 560 g/mol. The number of fused-ring (bicyclic) bond motifs is 1. The van der Waals surface area contributed by atoms with Gasteiger partial charge in [-0.3, -0.25) is 9.52 Å². The van der Waals surface area contributed by atoms with E-state index in [1.165, 1.54) is 42.3 Å². The summed E-state index contributed by atoms with van der Waals surface area (Å²) in [6.07, 6.45) is -0.636. The van der Waals surface area contributed by atoms with Crippen LogP contribution in [0, 0.1) is 5.92 Å². The third kappa shape index (κ3) is 6.94. The molecule has 1 aliphatic heterocycles. The van der Waals surface area contributed by atoms with Gasteiger partial charge < -0.3 is 29.7 Å². The fourth-order valence-electron chi connectivity index (χ4n) is 4.59. The van der Waals surface area contributed by atoms with Crippen molar-refractivity contribution >= 4 is 33.3 Å². The van der Waals surface area contributed by atoms with Gasteiger partial charge in [-0.25, -0.2) is 13.2 Å². The Kier molecular flexibility index (Phi) is 9.59. The normalized spacial score (nSPS) is 17.6. The highest BCUT2D eigenvalue weighted by Crippen LogP contribution is 2.36. The molecule has 3 aromatic carbocycles. The molecule has 11 nitrogen and oxygen atoms in total. The fourth-order valence-corrected chi connectivity index (χ4v) is 5.66. The zero-order valence-corrected chi connectivity index (χ0v) is 24.8. The first-order valence-electron chi connectivity index (χ1n) is 13.5. The second-order valence-electron chi connectivity index (χ2n) is 10.3. The Labute approximate surface area is 246 Å². The van der Waals surface area contributed by atoms with Gasteiger partial charge in [-0.15, -0.1) is 0 Å². The van der Waals surface area contributed by atoms with E-state index in [1.54, 1.807) is 43.1 Å². The molecule has 0 aliphatic carbocycles. The van der Waals surface area contributed by atoms with Crippen molar-refractivity contribution in [2.45, 2.75) is 30.9 Å². The maximum absolute atomic E-state index is 13.7. The van der Waals surface area contributed by atoms with Gasteiger partial charge in [-0.05, 0) is 55.5 Å². The number of benzene rings is 3. The van der Waals surface area contributed by atoms with Crippen LogP contribution >= 0.6 is 0 Å². The number of hydrogen-bond acceptors (Lipinski definition) is 7. The van der Waals surface area contributed by atoms with E-state index in [0.29, 0.717) is 11.4 Å². The zero-order chi connectivity index (χ0) is 30.4. The van der Waals surface area contributed by atoms with Crippen LogP contribution in [-0.2, 0) is 10.0 Å². The number of nitrogens with one attached hydrogen (secondary N) is 2. The molecule has 0 unspecified atom stereocenters. The van der Waals surface area contributed by atoms with Crippen molar-refractivity contribution in [3.05, 3.63) is 78.4 Å². The number of carbonyl (C=O) groups excluding carboxylic acids is 2. The van der Waals surface area contributed by atoms with Crippen LogP contribution in [0.3, 0.4) is 0 Å². The first kappa shape index (κ1) is 30.7. The number of ether oxygens (including phenoxy) is 2. The van der Waals surface area contributed by atoms with Crippen molar-refractivity contribution in [2.75, 3.05) is 43.9 Å². The van der Waals surface area contributed by atoms with E-state index in [0.717, 1.165) is 0 Å². The number of rotatable bonds is 9. The largest absolute Gasteiger partial charge is 0.497 e. The van der Waals surface area contributed by atoms with E-state index in [4.69, 9.17) is 9.47 Å². The molecule has 0 fully saturated rings. The second-order valence-corrected chi connectivity index (χ2v) is 11.9. The summed E-state index contributed by atoms with van der Waals surface area (Å²) in [5, 5.41) is 12.7. The van der Waals surface area contributed by atoms with Gasteiger partial charge in [0.25, 0.3) is 15.9 Å². The van der Waals surface area contributed by atoms with Gasteiger partial charge in [0.05, 0.1) is 42.4 Å². The van der Waals surface area contributed by atoms with Crippen molar-refractivity contribution in [3.63, 3.8) is 0 Å². The molecule has 0 spiro atoms. The first-order valence-corrected chi connectivity index (χ1v) is 15.0. The number of sulfonamides is 1. The van der Waals surface area contributed by atoms with Crippen LogP contribution in [0.25, 0.3) is 0 Å². The molecule has 0 bridgehead atoms. The van der Waals surface area contributed by atoms with Gasteiger partial charge in [0, 0.05) is 25.2 Å². The minimum atomic E-state index is -4.07. The number of likely N-dealkylation sites (N-methyl/N-ethyl adjacent to an activating group) is 1. The molecule has 3 aromatic rings. The number of anilines is 2. The van der Waals surface area contributed by atoms with Crippen molar-refractivity contribution in [2.24, 2.45) is 5.92 Å². The second kappa shape index (κ2) is 13.1. The topological polar surface area (TPSA) is 138 Å². The van der Waals surface area contributed by atoms with Crippen molar-refractivity contribution in [1.82, 2.24) is 9.80 Å². The van der Waals surface area contributed by atoms with E-state index in [9.17, 15) is 23.1 Å². The minimum absolute atomic E-state index is 0.00385. The number of amides is 3. The highest BCUT2D eigenvalue weighted by atomic mass is 32.2. The number of aliphatic hydroxyl groups excluding tert-OH is 1. The molecule has 224 valence electrons. The van der Waals surface area contributed by atoms with Gasteiger partial charge in [0.2, 0.25) is 0 Å². The van der Waals surface area contributed by atoms with E-state index in [-0.39, 0.29) is 53.5 Å². The molecule has 3 amide bonds. The van der Waals surface area contributed by atoms with Gasteiger partial charge in [-0.1, -0.05) is 31.2 Å². The van der Waals surface area contributed by atoms with Gasteiger partial charge >= 0.3 is 6.03 Å². The number of hydrogen-bond donors (Lipinski definition) is 3. The number of aliphatic hydroxyl groups is 1. The summed E-state index contributed by atoms with van der Waals surface area (Å²) in [7, 11) is -0.956. The highest BCUT2D eigenvalue weighted by Gasteiger charge is 2.35. The van der Waals surface area contributed by atoms with Crippen LogP contribution in [0.4, 0.5) is 16.2 Å². The lowest BCUT2D eigenvalue weighted by Gasteiger charge is -2.38. The number of methoxy groups -OCH3 is 1. The first-order chi connectivity index (χ1) is 20.0. The average Bonchev–Trinajstić information content (AvgIpc) is 2.99. The molecular formula is C30H36N4O7S. The monoisotopic (exact) mass is 596 g/mol. The molecule has 1 heterocycles. The van der Waals surface area contributed by atoms with Gasteiger partial charge in [-0.2, -0.15) is 0 Å². The van der Waals surface area contributed by atoms with Gasteiger partial charge in [0.1, 0.15) is 11.9 Å². The Hall–Kier alpha value is -4.29. The molecule has 0 saturated heterocycles. The molecule has 3 atom stereocenters. The lowest BCUT2D eigenvalue weighted by atomic mass is 9.99. The zero-order valence-electron chi connectivity index (χ0n) is 24.0. The summed E-state index contributed by atoms with van der Waals surface area (Å²) in [6, 6.07) is 18.7. The maximum atomic E-state index is 13.7. The lowest BCUT2D eigenvalue weighted by Crippen LogP contribution is -2.50. The molecule has 1 aliphatic rings. The summed E-state index contributed by atoms with van der Waals surface area (Å²) in [4.78, 5) is 29.7. The summed E-state index contributed by atoms with van der Waals surface area (Å²) in [6.45, 7) is 3.74. The van der Waals surface area contributed by atoms with E-state index >= 15 is 0 Å². The predicted octanol–water partition coefficient (Wildman–Crippen LogP) is 3.88. The predicted molar refractivity (Wildman–Crippen MR) is 159 cm³/mol. The van der Waals surface area contributed by atoms with Crippen molar-refractivity contribution in [1.29, 1.82) is 0 Å². The van der Waals surface area contributed by atoms with Crippen molar-refractivity contribution < 1.29 is 32.6 Å². The molecule has 12 heteroatoms. The molecule has 3 N–H and O–H groups in total. The Balaban J connectivity index is 1.69. The van der Waals surface area contributed by atoms with Crippen LogP contribution in [0.15, 0.2) is 77.7 Å². The highest BCUT2D eigenvalue weighted by molar-refractivity contribution is 7.92. The quantitative estimate of drug-likeness (QED) is 0.341. The maximum Gasteiger partial charge on any atom is 0.321 e. The Morgan fingerprint density at radius 2 is 1.81 bits per heavy atom. The summed E-state index contributed by atoms with van der Waals surface area (Å²) in [5.74, 6) is -0.155. The Morgan fingerprint density at radius 1 is 1.12 bits per heavy atom. The van der Waals surface area contributed by atoms with Crippen LogP contribution in [0.1, 0.15) is 24.2 Å². The average molecular weight is 597 g/mol. The third-order valence-electron chi connectivity index (χ3n) is 7.13. The Bertz CT molecular complexity index is 1500.